The second-order valence-corrected chi connectivity index (χ2v) is 7.55. The van der Waals surface area contributed by atoms with E-state index < -0.39 is 0 Å². The predicted molar refractivity (Wildman–Crippen MR) is 108 cm³/mol. The Bertz CT molecular complexity index is 905. The summed E-state index contributed by atoms with van der Waals surface area (Å²) in [7, 11) is 0. The Balaban J connectivity index is 1.51. The minimum absolute atomic E-state index is 0.0715. The van der Waals surface area contributed by atoms with E-state index in [1.54, 1.807) is 11.3 Å². The Hall–Kier alpha value is -2.47. The number of benzene rings is 1. The Morgan fingerprint density at radius 3 is 2.62 bits per heavy atom. The van der Waals surface area contributed by atoms with Crippen molar-refractivity contribution in [1.29, 1.82) is 0 Å². The molecular formula is C20H24N4OS. The van der Waals surface area contributed by atoms with Crippen LogP contribution in [-0.2, 0) is 11.2 Å². The Labute approximate surface area is 157 Å². The van der Waals surface area contributed by atoms with Gasteiger partial charge in [-0.15, -0.1) is 11.3 Å². The van der Waals surface area contributed by atoms with E-state index in [4.69, 9.17) is 0 Å². The first-order valence-electron chi connectivity index (χ1n) is 8.83. The molecule has 1 aromatic carbocycles. The second-order valence-electron chi connectivity index (χ2n) is 6.35. The second kappa shape index (κ2) is 8.27. The van der Waals surface area contributed by atoms with Crippen LogP contribution < -0.4 is 10.6 Å². The highest BCUT2D eigenvalue weighted by molar-refractivity contribution is 7.18. The van der Waals surface area contributed by atoms with E-state index in [1.807, 2.05) is 37.3 Å². The monoisotopic (exact) mass is 368 g/mol. The third-order valence-electron chi connectivity index (χ3n) is 4.36. The molecule has 3 rings (SSSR count). The molecule has 1 amide bonds. The number of amides is 1. The molecular weight excluding hydrogens is 344 g/mol. The number of carbonyl (C=O) groups excluding carboxylic acids is 1. The lowest BCUT2D eigenvalue weighted by atomic mass is 10.1. The Morgan fingerprint density at radius 1 is 1.08 bits per heavy atom. The third kappa shape index (κ3) is 4.38. The molecule has 6 heteroatoms. The fourth-order valence-electron chi connectivity index (χ4n) is 2.86. The molecule has 0 saturated carbocycles. The highest BCUT2D eigenvalue weighted by Crippen LogP contribution is 2.32. The highest BCUT2D eigenvalue weighted by atomic mass is 32.1. The molecule has 0 bridgehead atoms. The fourth-order valence-corrected chi connectivity index (χ4v) is 3.93. The number of aromatic nitrogens is 2. The molecule has 0 radical (unpaired) electrons. The SMILES string of the molecule is Cc1nc(NCCNC(=O)CCc2ccccc2)c2c(C)c(C)sc2n1. The van der Waals surface area contributed by atoms with E-state index in [0.29, 0.717) is 19.5 Å². The van der Waals surface area contributed by atoms with E-state index in [9.17, 15) is 4.79 Å². The normalized spacial score (nSPS) is 10.9. The van der Waals surface area contributed by atoms with Gasteiger partial charge in [0.05, 0.1) is 5.39 Å². The van der Waals surface area contributed by atoms with Gasteiger partial charge in [-0.25, -0.2) is 9.97 Å². The topological polar surface area (TPSA) is 66.9 Å². The van der Waals surface area contributed by atoms with Crippen LogP contribution in [-0.4, -0.2) is 29.0 Å². The van der Waals surface area contributed by atoms with Crippen LogP contribution in [0.15, 0.2) is 30.3 Å². The molecule has 0 saturated heterocycles. The number of rotatable bonds is 7. The fraction of sp³-hybridized carbons (Fsp3) is 0.350. The summed E-state index contributed by atoms with van der Waals surface area (Å²) < 4.78 is 0. The van der Waals surface area contributed by atoms with Crippen LogP contribution in [0.25, 0.3) is 10.2 Å². The van der Waals surface area contributed by atoms with Gasteiger partial charge in [-0.2, -0.15) is 0 Å². The van der Waals surface area contributed by atoms with E-state index >= 15 is 0 Å². The summed E-state index contributed by atoms with van der Waals surface area (Å²) in [6.07, 6.45) is 1.27. The average Bonchev–Trinajstić information content (AvgIpc) is 2.91. The van der Waals surface area contributed by atoms with Crippen molar-refractivity contribution in [1.82, 2.24) is 15.3 Å². The van der Waals surface area contributed by atoms with Gasteiger partial charge >= 0.3 is 0 Å². The van der Waals surface area contributed by atoms with E-state index in [1.165, 1.54) is 16.0 Å². The van der Waals surface area contributed by atoms with Gasteiger partial charge in [0.2, 0.25) is 5.91 Å². The van der Waals surface area contributed by atoms with E-state index in [0.717, 1.165) is 28.3 Å². The van der Waals surface area contributed by atoms with Crippen LogP contribution in [0, 0.1) is 20.8 Å². The molecule has 0 aliphatic heterocycles. The maximum Gasteiger partial charge on any atom is 0.220 e. The largest absolute Gasteiger partial charge is 0.368 e. The highest BCUT2D eigenvalue weighted by Gasteiger charge is 2.13. The molecule has 0 fully saturated rings. The molecule has 2 N–H and O–H groups in total. The Kier molecular flexibility index (Phi) is 5.83. The molecule has 3 aromatic rings. The number of hydrogen-bond acceptors (Lipinski definition) is 5. The molecule has 0 unspecified atom stereocenters. The van der Waals surface area contributed by atoms with Gasteiger partial charge in [0.1, 0.15) is 16.5 Å². The van der Waals surface area contributed by atoms with Gasteiger partial charge in [-0.05, 0) is 38.3 Å². The summed E-state index contributed by atoms with van der Waals surface area (Å²) in [5.41, 5.74) is 2.40. The molecule has 26 heavy (non-hydrogen) atoms. The Morgan fingerprint density at radius 2 is 1.85 bits per heavy atom. The number of thiophene rings is 1. The summed E-state index contributed by atoms with van der Waals surface area (Å²) in [6.45, 7) is 7.31. The molecule has 2 heterocycles. The van der Waals surface area contributed by atoms with Gasteiger partial charge in [0.15, 0.2) is 0 Å². The van der Waals surface area contributed by atoms with E-state index in [-0.39, 0.29) is 5.91 Å². The lowest BCUT2D eigenvalue weighted by Gasteiger charge is -2.10. The zero-order valence-electron chi connectivity index (χ0n) is 15.4. The number of nitrogens with zero attached hydrogens (tertiary/aromatic N) is 2. The summed E-state index contributed by atoms with van der Waals surface area (Å²) >= 11 is 1.69. The zero-order valence-corrected chi connectivity index (χ0v) is 16.2. The van der Waals surface area contributed by atoms with E-state index in [2.05, 4.69) is 34.4 Å². The summed E-state index contributed by atoms with van der Waals surface area (Å²) in [5, 5.41) is 7.41. The van der Waals surface area contributed by atoms with Crippen LogP contribution in [0.4, 0.5) is 5.82 Å². The van der Waals surface area contributed by atoms with Gasteiger partial charge in [-0.1, -0.05) is 30.3 Å². The summed E-state index contributed by atoms with van der Waals surface area (Å²) in [4.78, 5) is 23.3. The quantitative estimate of drug-likeness (QED) is 0.623. The number of aryl methyl sites for hydroxylation is 4. The lowest BCUT2D eigenvalue weighted by molar-refractivity contribution is -0.120. The third-order valence-corrected chi connectivity index (χ3v) is 5.46. The summed E-state index contributed by atoms with van der Waals surface area (Å²) in [5.74, 6) is 1.68. The van der Waals surface area contributed by atoms with Crippen molar-refractivity contribution in [3.05, 3.63) is 52.2 Å². The number of anilines is 1. The standard InChI is InChI=1S/C20H24N4OS/c1-13-14(2)26-20-18(13)19(23-15(3)24-20)22-12-11-21-17(25)10-9-16-7-5-4-6-8-16/h4-8H,9-12H2,1-3H3,(H,21,25)(H,22,23,24). The molecule has 0 spiro atoms. The zero-order chi connectivity index (χ0) is 18.5. The van der Waals surface area contributed by atoms with Crippen molar-refractivity contribution >= 4 is 33.3 Å². The number of hydrogen-bond donors (Lipinski definition) is 2. The van der Waals surface area contributed by atoms with Crippen molar-refractivity contribution in [3.63, 3.8) is 0 Å². The molecule has 0 aliphatic rings. The molecule has 0 aliphatic carbocycles. The molecule has 5 nitrogen and oxygen atoms in total. The van der Waals surface area contributed by atoms with Crippen LogP contribution in [0.1, 0.15) is 28.2 Å². The van der Waals surface area contributed by atoms with Crippen molar-refractivity contribution in [2.24, 2.45) is 0 Å². The van der Waals surface area contributed by atoms with Crippen LogP contribution in [0.2, 0.25) is 0 Å². The van der Waals surface area contributed by atoms with Crippen LogP contribution >= 0.6 is 11.3 Å². The average molecular weight is 369 g/mol. The van der Waals surface area contributed by atoms with Crippen molar-refractivity contribution < 1.29 is 4.79 Å². The van der Waals surface area contributed by atoms with Gasteiger partial charge in [0, 0.05) is 24.4 Å². The molecule has 0 atom stereocenters. The van der Waals surface area contributed by atoms with Gasteiger partial charge in [0.25, 0.3) is 0 Å². The first-order valence-corrected chi connectivity index (χ1v) is 9.65. The minimum Gasteiger partial charge on any atom is -0.368 e. The van der Waals surface area contributed by atoms with Crippen LogP contribution in [0.3, 0.4) is 0 Å². The lowest BCUT2D eigenvalue weighted by Crippen LogP contribution is -2.29. The maximum atomic E-state index is 12.0. The number of nitrogens with one attached hydrogen (secondary N) is 2. The predicted octanol–water partition coefficient (Wildman–Crippen LogP) is 3.78. The van der Waals surface area contributed by atoms with Crippen LogP contribution in [0.5, 0.6) is 0 Å². The minimum atomic E-state index is 0.0715. The van der Waals surface area contributed by atoms with Crippen molar-refractivity contribution in [2.75, 3.05) is 18.4 Å². The van der Waals surface area contributed by atoms with Crippen molar-refractivity contribution in [2.45, 2.75) is 33.6 Å². The molecule has 2 aromatic heterocycles. The smallest absolute Gasteiger partial charge is 0.220 e. The number of carbonyl (C=O) groups is 1. The summed E-state index contributed by atoms with van der Waals surface area (Å²) in [6, 6.07) is 10.1. The van der Waals surface area contributed by atoms with Gasteiger partial charge in [-0.3, -0.25) is 4.79 Å². The maximum absolute atomic E-state index is 12.0. The molecule has 136 valence electrons. The number of fused-ring (bicyclic) bond motifs is 1. The first kappa shape index (κ1) is 18.3. The first-order chi connectivity index (χ1) is 12.5. The van der Waals surface area contributed by atoms with Crippen molar-refractivity contribution in [3.8, 4) is 0 Å². The van der Waals surface area contributed by atoms with Gasteiger partial charge < -0.3 is 10.6 Å².